The molecule has 4 aromatic rings. The van der Waals surface area contributed by atoms with Crippen LogP contribution in [0.15, 0.2) is 29.1 Å². The van der Waals surface area contributed by atoms with Gasteiger partial charge in [-0.25, -0.2) is 14.2 Å². The average molecular weight is 689 g/mol. The number of hydrogen-bond acceptors (Lipinski definition) is 11. The fourth-order valence-corrected chi connectivity index (χ4v) is 7.34. The maximum atomic E-state index is 15.9. The number of anilines is 1. The summed E-state index contributed by atoms with van der Waals surface area (Å²) in [5.74, 6) is 0.0138. The third-order valence-corrected chi connectivity index (χ3v) is 9.85. The van der Waals surface area contributed by atoms with Crippen molar-refractivity contribution in [3.05, 3.63) is 52.7 Å². The van der Waals surface area contributed by atoms with E-state index in [2.05, 4.69) is 16.3 Å². The maximum Gasteiger partial charge on any atom is 0.339 e. The summed E-state index contributed by atoms with van der Waals surface area (Å²) in [6.45, 7) is 13.0. The molecule has 3 aromatic heterocycles. The van der Waals surface area contributed by atoms with Crippen LogP contribution in [0.5, 0.6) is 5.75 Å². The first-order valence-electron chi connectivity index (χ1n) is 17.3. The Balaban J connectivity index is 1.36. The number of halogens is 1. The van der Waals surface area contributed by atoms with Crippen molar-refractivity contribution < 1.29 is 32.7 Å². The van der Waals surface area contributed by atoms with E-state index in [4.69, 9.17) is 33.4 Å². The Morgan fingerprint density at radius 2 is 1.86 bits per heavy atom. The summed E-state index contributed by atoms with van der Waals surface area (Å²) in [4.78, 5) is 27.6. The number of nitrogens with zero attached hydrogens (tertiary/aromatic N) is 6. The molecule has 50 heavy (non-hydrogen) atoms. The van der Waals surface area contributed by atoms with Crippen LogP contribution in [-0.4, -0.2) is 82.2 Å². The van der Waals surface area contributed by atoms with E-state index in [1.807, 2.05) is 63.4 Å². The van der Waals surface area contributed by atoms with Gasteiger partial charge in [-0.15, -0.1) is 0 Å². The number of methoxy groups -OCH3 is 1. The molecule has 0 bridgehead atoms. The van der Waals surface area contributed by atoms with Gasteiger partial charge in [0.05, 0.1) is 19.3 Å². The lowest BCUT2D eigenvalue weighted by Gasteiger charge is -2.37. The Bertz CT molecular complexity index is 1960. The van der Waals surface area contributed by atoms with Gasteiger partial charge < -0.3 is 37.8 Å². The van der Waals surface area contributed by atoms with Crippen LogP contribution in [0.4, 0.5) is 10.3 Å². The molecule has 1 fully saturated rings. The number of carbonyl (C=O) groups is 1. The van der Waals surface area contributed by atoms with Crippen LogP contribution in [0.3, 0.4) is 0 Å². The smallest absolute Gasteiger partial charge is 0.339 e. The lowest BCUT2D eigenvalue weighted by Crippen LogP contribution is -2.43. The van der Waals surface area contributed by atoms with Crippen molar-refractivity contribution in [2.24, 2.45) is 7.05 Å². The molecule has 13 heteroatoms. The van der Waals surface area contributed by atoms with Gasteiger partial charge in [-0.2, -0.15) is 4.98 Å². The summed E-state index contributed by atoms with van der Waals surface area (Å²) < 4.78 is 46.6. The van der Waals surface area contributed by atoms with E-state index < -0.39 is 23.5 Å². The van der Waals surface area contributed by atoms with Crippen molar-refractivity contribution in [3.63, 3.8) is 0 Å². The molecule has 3 aliphatic rings. The summed E-state index contributed by atoms with van der Waals surface area (Å²) in [5.41, 5.74) is 4.51. The van der Waals surface area contributed by atoms with E-state index in [1.54, 1.807) is 0 Å². The maximum absolute atomic E-state index is 15.9. The molecule has 0 unspecified atom stereocenters. The summed E-state index contributed by atoms with van der Waals surface area (Å²) in [6, 6.07) is 3.88. The largest absolute Gasteiger partial charge is 0.490 e. The number of fused-ring (bicyclic) bond motifs is 2. The molecule has 0 radical (unpaired) electrons. The van der Waals surface area contributed by atoms with Crippen molar-refractivity contribution in [2.75, 3.05) is 44.9 Å². The highest BCUT2D eigenvalue weighted by atomic mass is 19.1. The first-order chi connectivity index (χ1) is 23.9. The molecule has 1 aromatic carbocycles. The Labute approximate surface area is 291 Å². The lowest BCUT2D eigenvalue weighted by molar-refractivity contribution is -0.164. The van der Waals surface area contributed by atoms with Gasteiger partial charge >= 0.3 is 5.97 Å². The third-order valence-electron chi connectivity index (χ3n) is 9.85. The minimum absolute atomic E-state index is 0.284. The highest BCUT2D eigenvalue weighted by molar-refractivity contribution is 6.01. The second-order valence-electron chi connectivity index (χ2n) is 14.2. The molecular weight excluding hydrogens is 643 g/mol. The monoisotopic (exact) mass is 688 g/mol. The Kier molecular flexibility index (Phi) is 9.06. The van der Waals surface area contributed by atoms with E-state index in [0.29, 0.717) is 76.6 Å². The molecule has 0 spiro atoms. The van der Waals surface area contributed by atoms with Crippen LogP contribution in [0.1, 0.15) is 68.5 Å². The number of rotatable bonds is 7. The number of aryl methyl sites for hydroxylation is 2. The number of carbonyl (C=O) groups excluding carboxylic acids is 1. The number of esters is 1. The minimum Gasteiger partial charge on any atom is -0.490 e. The summed E-state index contributed by atoms with van der Waals surface area (Å²) >= 11 is 0. The van der Waals surface area contributed by atoms with Gasteiger partial charge in [0.15, 0.2) is 17.7 Å². The number of aromatic nitrogens is 4. The van der Waals surface area contributed by atoms with Crippen molar-refractivity contribution in [1.82, 2.24) is 24.6 Å². The van der Waals surface area contributed by atoms with Crippen LogP contribution in [0.25, 0.3) is 33.7 Å². The Hall–Kier alpha value is -4.49. The zero-order valence-corrected chi connectivity index (χ0v) is 29.8. The first kappa shape index (κ1) is 34.0. The number of benzene rings is 1. The Morgan fingerprint density at radius 1 is 1.08 bits per heavy atom. The molecule has 3 aliphatic heterocycles. The van der Waals surface area contributed by atoms with Crippen molar-refractivity contribution in [1.29, 1.82) is 0 Å². The number of pyridine rings is 1. The van der Waals surface area contributed by atoms with E-state index in [1.165, 1.54) is 13.2 Å². The van der Waals surface area contributed by atoms with E-state index >= 15 is 4.39 Å². The summed E-state index contributed by atoms with van der Waals surface area (Å²) in [5, 5.41) is 5.01. The standard InChI is InChI=1S/C37H45FN6O6/c1-21-24-9-8-16-48-31(24)27(38)19-25(21)30-26-20-28(42(6)33(26)39-22(2)29(30)32(35(45)46-7)49-37(3,4)5)34-40-36(41-50-34)44-14-12-43(13-15-44)23-10-17-47-18-11-23/h12,14,19-20,23,32H,8-11,13,15-18H2,1-7H3/t32-/m0/s1. The molecule has 0 N–H and O–H groups in total. The van der Waals surface area contributed by atoms with Gasteiger partial charge in [0.1, 0.15) is 11.3 Å². The lowest BCUT2D eigenvalue weighted by atomic mass is 9.86. The Morgan fingerprint density at radius 3 is 2.56 bits per heavy atom. The van der Waals surface area contributed by atoms with Gasteiger partial charge in [0, 0.05) is 79.6 Å². The van der Waals surface area contributed by atoms with Gasteiger partial charge in [-0.1, -0.05) is 0 Å². The van der Waals surface area contributed by atoms with Crippen molar-refractivity contribution in [3.8, 4) is 28.5 Å². The fraction of sp³-hybridized carbons (Fsp3) is 0.514. The van der Waals surface area contributed by atoms with Crippen LogP contribution < -0.4 is 9.64 Å². The second-order valence-corrected chi connectivity index (χ2v) is 14.2. The highest BCUT2D eigenvalue weighted by Gasteiger charge is 2.36. The summed E-state index contributed by atoms with van der Waals surface area (Å²) in [7, 11) is 3.21. The fourth-order valence-electron chi connectivity index (χ4n) is 7.34. The van der Waals surface area contributed by atoms with E-state index in [0.717, 1.165) is 50.1 Å². The quantitative estimate of drug-likeness (QED) is 0.208. The molecule has 6 heterocycles. The van der Waals surface area contributed by atoms with Crippen LogP contribution in [0.2, 0.25) is 0 Å². The normalized spacial score (nSPS) is 17.6. The molecule has 266 valence electrons. The highest BCUT2D eigenvalue weighted by Crippen LogP contribution is 2.45. The van der Waals surface area contributed by atoms with Gasteiger partial charge in [0.2, 0.25) is 0 Å². The predicted molar refractivity (Wildman–Crippen MR) is 185 cm³/mol. The molecule has 1 saturated heterocycles. The SMILES string of the molecule is COC(=O)[C@@H](OC(C)(C)C)c1c(C)nc2c(cc(-c3nc(N4C=CN(C5CCOCC5)CC4)no3)n2C)c1-c1cc(F)c2c(c1C)CCCO2. The molecule has 0 saturated carbocycles. The third kappa shape index (κ3) is 6.21. The molecule has 12 nitrogen and oxygen atoms in total. The van der Waals surface area contributed by atoms with Gasteiger partial charge in [-0.3, -0.25) is 0 Å². The average Bonchev–Trinajstić information content (AvgIpc) is 3.73. The molecule has 0 aliphatic carbocycles. The predicted octanol–water partition coefficient (Wildman–Crippen LogP) is 6.17. The zero-order valence-electron chi connectivity index (χ0n) is 29.8. The molecule has 1 atom stereocenters. The minimum atomic E-state index is -1.13. The van der Waals surface area contributed by atoms with Crippen molar-refractivity contribution in [2.45, 2.75) is 78.0 Å². The van der Waals surface area contributed by atoms with Crippen LogP contribution in [0, 0.1) is 19.7 Å². The van der Waals surface area contributed by atoms with Crippen LogP contribution >= 0.6 is 0 Å². The van der Waals surface area contributed by atoms with Crippen molar-refractivity contribution >= 4 is 23.0 Å². The molecule has 0 amide bonds. The van der Waals surface area contributed by atoms with Gasteiger partial charge in [0.25, 0.3) is 11.8 Å². The molecular formula is C37H45FN6O6. The zero-order chi connectivity index (χ0) is 35.3. The summed E-state index contributed by atoms with van der Waals surface area (Å²) in [6.07, 6.45) is 6.44. The van der Waals surface area contributed by atoms with Gasteiger partial charge in [-0.05, 0) is 88.7 Å². The second kappa shape index (κ2) is 13.3. The number of ether oxygens (including phenoxy) is 4. The first-order valence-corrected chi connectivity index (χ1v) is 17.3. The number of hydrogen-bond donors (Lipinski definition) is 0. The topological polar surface area (TPSA) is 117 Å². The van der Waals surface area contributed by atoms with E-state index in [9.17, 15) is 4.79 Å². The van der Waals surface area contributed by atoms with E-state index in [-0.39, 0.29) is 5.75 Å². The molecule has 7 rings (SSSR count). The van der Waals surface area contributed by atoms with Crippen LogP contribution in [-0.2, 0) is 32.5 Å².